The van der Waals surface area contributed by atoms with Crippen LogP contribution in [0.15, 0.2) is 18.2 Å². The van der Waals surface area contributed by atoms with Gasteiger partial charge in [0, 0.05) is 0 Å². The smallest absolute Gasteiger partial charge is 0.119 e. The highest BCUT2D eigenvalue weighted by Gasteiger charge is 2.23. The third-order valence-corrected chi connectivity index (χ3v) is 3.77. The van der Waals surface area contributed by atoms with E-state index in [2.05, 4.69) is 39.8 Å². The Morgan fingerprint density at radius 2 is 1.88 bits per heavy atom. The highest BCUT2D eigenvalue weighted by molar-refractivity contribution is 5.39. The second kappa shape index (κ2) is 6.06. The second-order valence-corrected chi connectivity index (χ2v) is 4.82. The lowest BCUT2D eigenvalue weighted by Crippen LogP contribution is -2.20. The van der Waals surface area contributed by atoms with Gasteiger partial charge in [-0.3, -0.25) is 0 Å². The predicted octanol–water partition coefficient (Wildman–Crippen LogP) is 3.44. The summed E-state index contributed by atoms with van der Waals surface area (Å²) < 4.78 is 5.42. The molecule has 2 heteroatoms. The zero-order chi connectivity index (χ0) is 12.9. The van der Waals surface area contributed by atoms with Gasteiger partial charge >= 0.3 is 0 Å². The monoisotopic (exact) mass is 236 g/mol. The Morgan fingerprint density at radius 1 is 1.24 bits per heavy atom. The maximum absolute atomic E-state index is 8.73. The number of hydrogen-bond donors (Lipinski definition) is 1. The van der Waals surface area contributed by atoms with Crippen LogP contribution in [-0.2, 0) is 5.41 Å². The summed E-state index contributed by atoms with van der Waals surface area (Å²) in [6, 6.07) is 6.23. The molecule has 96 valence electrons. The van der Waals surface area contributed by atoms with Gasteiger partial charge in [-0.05, 0) is 48.4 Å². The molecule has 0 saturated heterocycles. The zero-order valence-electron chi connectivity index (χ0n) is 11.4. The summed E-state index contributed by atoms with van der Waals surface area (Å²) in [6.07, 6.45) is 2.28. The molecule has 0 unspecified atom stereocenters. The molecular weight excluding hydrogens is 212 g/mol. The van der Waals surface area contributed by atoms with Gasteiger partial charge in [0.25, 0.3) is 0 Å². The molecule has 0 amide bonds. The van der Waals surface area contributed by atoms with Crippen LogP contribution in [0, 0.1) is 6.92 Å². The topological polar surface area (TPSA) is 29.5 Å². The first-order valence-corrected chi connectivity index (χ1v) is 6.42. The highest BCUT2D eigenvalue weighted by Crippen LogP contribution is 2.34. The molecular formula is C15H24O2. The average molecular weight is 236 g/mol. The Morgan fingerprint density at radius 3 is 2.35 bits per heavy atom. The van der Waals surface area contributed by atoms with E-state index in [-0.39, 0.29) is 12.0 Å². The van der Waals surface area contributed by atoms with E-state index >= 15 is 0 Å². The number of aliphatic hydroxyl groups is 1. The van der Waals surface area contributed by atoms with Crippen molar-refractivity contribution in [3.8, 4) is 5.75 Å². The van der Waals surface area contributed by atoms with Crippen molar-refractivity contribution >= 4 is 0 Å². The number of aryl methyl sites for hydroxylation is 1. The molecule has 0 fully saturated rings. The number of aliphatic hydroxyl groups excluding tert-OH is 1. The van der Waals surface area contributed by atoms with Crippen LogP contribution in [0.5, 0.6) is 5.75 Å². The Labute approximate surface area is 105 Å². The van der Waals surface area contributed by atoms with Gasteiger partial charge in [0.1, 0.15) is 12.4 Å². The molecule has 0 aliphatic rings. The fraction of sp³-hybridized carbons (Fsp3) is 0.600. The quantitative estimate of drug-likeness (QED) is 0.819. The van der Waals surface area contributed by atoms with Crippen molar-refractivity contribution < 1.29 is 9.84 Å². The molecule has 0 aromatic heterocycles. The van der Waals surface area contributed by atoms with Gasteiger partial charge in [-0.2, -0.15) is 0 Å². The van der Waals surface area contributed by atoms with Crippen molar-refractivity contribution in [1.29, 1.82) is 0 Å². The Balaban J connectivity index is 2.96. The van der Waals surface area contributed by atoms with Crippen molar-refractivity contribution in [2.24, 2.45) is 0 Å². The average Bonchev–Trinajstić information content (AvgIpc) is 2.35. The van der Waals surface area contributed by atoms with Gasteiger partial charge in [-0.25, -0.2) is 0 Å². The molecule has 1 aromatic rings. The highest BCUT2D eigenvalue weighted by atomic mass is 16.5. The predicted molar refractivity (Wildman–Crippen MR) is 71.7 cm³/mol. The van der Waals surface area contributed by atoms with Crippen LogP contribution in [0.25, 0.3) is 0 Å². The van der Waals surface area contributed by atoms with E-state index in [9.17, 15) is 0 Å². The van der Waals surface area contributed by atoms with Gasteiger partial charge in [0.2, 0.25) is 0 Å². The van der Waals surface area contributed by atoms with Crippen LogP contribution in [0.2, 0.25) is 0 Å². The fourth-order valence-corrected chi connectivity index (χ4v) is 2.20. The molecule has 0 saturated carbocycles. The molecule has 0 aliphatic heterocycles. The number of ether oxygens (including phenoxy) is 1. The Kier molecular flexibility index (Phi) is 5.01. The second-order valence-electron chi connectivity index (χ2n) is 4.82. The van der Waals surface area contributed by atoms with Crippen LogP contribution in [0.4, 0.5) is 0 Å². The summed E-state index contributed by atoms with van der Waals surface area (Å²) in [7, 11) is 0. The minimum atomic E-state index is 0.0580. The van der Waals surface area contributed by atoms with Gasteiger partial charge in [-0.1, -0.05) is 26.8 Å². The van der Waals surface area contributed by atoms with Crippen molar-refractivity contribution in [3.05, 3.63) is 29.3 Å². The Bertz CT molecular complexity index is 354. The van der Waals surface area contributed by atoms with Crippen LogP contribution in [0.3, 0.4) is 0 Å². The zero-order valence-corrected chi connectivity index (χ0v) is 11.4. The minimum absolute atomic E-state index is 0.0580. The van der Waals surface area contributed by atoms with Crippen molar-refractivity contribution in [2.45, 2.75) is 46.0 Å². The summed E-state index contributed by atoms with van der Waals surface area (Å²) in [5, 5.41) is 8.73. The van der Waals surface area contributed by atoms with Gasteiger partial charge in [-0.15, -0.1) is 0 Å². The maximum Gasteiger partial charge on any atom is 0.119 e. The first-order chi connectivity index (χ1) is 8.07. The third kappa shape index (κ3) is 3.22. The summed E-state index contributed by atoms with van der Waals surface area (Å²) in [5.41, 5.74) is 2.92. The molecule has 2 nitrogen and oxygen atoms in total. The first-order valence-electron chi connectivity index (χ1n) is 6.42. The number of benzene rings is 1. The van der Waals surface area contributed by atoms with Crippen molar-refractivity contribution in [2.75, 3.05) is 13.2 Å². The Hall–Kier alpha value is -1.02. The normalized spacial score (nSPS) is 11.6. The maximum atomic E-state index is 8.73. The summed E-state index contributed by atoms with van der Waals surface area (Å²) in [6.45, 7) is 9.33. The molecule has 0 atom stereocenters. The molecule has 1 aromatic carbocycles. The molecule has 1 N–H and O–H groups in total. The lowest BCUT2D eigenvalue weighted by Gasteiger charge is -2.29. The molecule has 17 heavy (non-hydrogen) atoms. The summed E-state index contributed by atoms with van der Waals surface area (Å²) in [5.74, 6) is 0.842. The first kappa shape index (κ1) is 14.0. The summed E-state index contributed by atoms with van der Waals surface area (Å²) in [4.78, 5) is 0. The van der Waals surface area contributed by atoms with Gasteiger partial charge < -0.3 is 9.84 Å². The largest absolute Gasteiger partial charge is 0.491 e. The van der Waals surface area contributed by atoms with Crippen LogP contribution in [-0.4, -0.2) is 18.3 Å². The van der Waals surface area contributed by atoms with Crippen LogP contribution in [0.1, 0.15) is 44.7 Å². The molecule has 0 spiro atoms. The van der Waals surface area contributed by atoms with E-state index < -0.39 is 0 Å². The SMILES string of the molecule is CCC(C)(CC)c1ccc(OCCO)cc1C. The molecule has 0 radical (unpaired) electrons. The van der Waals surface area contributed by atoms with Gasteiger partial charge in [0.05, 0.1) is 6.61 Å². The number of hydrogen-bond acceptors (Lipinski definition) is 2. The van der Waals surface area contributed by atoms with Crippen molar-refractivity contribution in [1.82, 2.24) is 0 Å². The van der Waals surface area contributed by atoms with Crippen LogP contribution < -0.4 is 4.74 Å². The molecule has 1 rings (SSSR count). The fourth-order valence-electron chi connectivity index (χ4n) is 2.20. The van der Waals surface area contributed by atoms with E-state index in [1.165, 1.54) is 11.1 Å². The lowest BCUT2D eigenvalue weighted by molar-refractivity contribution is 0.201. The standard InChI is InChI=1S/C15H24O2/c1-5-15(4,6-2)14-8-7-13(11-12(14)3)17-10-9-16/h7-8,11,16H,5-6,9-10H2,1-4H3. The molecule has 0 aliphatic carbocycles. The van der Waals surface area contributed by atoms with E-state index in [1.807, 2.05) is 6.07 Å². The molecule has 0 heterocycles. The lowest BCUT2D eigenvalue weighted by atomic mass is 9.76. The van der Waals surface area contributed by atoms with Gasteiger partial charge in [0.15, 0.2) is 0 Å². The van der Waals surface area contributed by atoms with E-state index in [0.29, 0.717) is 6.61 Å². The van der Waals surface area contributed by atoms with E-state index in [0.717, 1.165) is 18.6 Å². The van der Waals surface area contributed by atoms with Crippen LogP contribution >= 0.6 is 0 Å². The van der Waals surface area contributed by atoms with E-state index in [1.54, 1.807) is 0 Å². The summed E-state index contributed by atoms with van der Waals surface area (Å²) >= 11 is 0. The minimum Gasteiger partial charge on any atom is -0.491 e. The third-order valence-electron chi connectivity index (χ3n) is 3.77. The number of rotatable bonds is 6. The van der Waals surface area contributed by atoms with Crippen molar-refractivity contribution in [3.63, 3.8) is 0 Å². The molecule has 0 bridgehead atoms. The van der Waals surface area contributed by atoms with E-state index in [4.69, 9.17) is 9.84 Å².